The van der Waals surface area contributed by atoms with Gasteiger partial charge >= 0.3 is 0 Å². The number of nitrogens with zero attached hydrogens (tertiary/aromatic N) is 4. The first-order valence-electron chi connectivity index (χ1n) is 5.13. The first kappa shape index (κ1) is 11.0. The molecule has 0 amide bonds. The van der Waals surface area contributed by atoms with Gasteiger partial charge in [-0.25, -0.2) is 24.3 Å². The van der Waals surface area contributed by atoms with Gasteiger partial charge in [-0.05, 0) is 24.3 Å². The Morgan fingerprint density at radius 1 is 1.00 bits per heavy atom. The lowest BCUT2D eigenvalue weighted by Gasteiger charge is -2.02. The quantitative estimate of drug-likeness (QED) is 0.631. The molecule has 0 saturated heterocycles. The summed E-state index contributed by atoms with van der Waals surface area (Å²) >= 11 is 5.87. The molecule has 0 bridgehead atoms. The molecule has 0 aliphatic rings. The minimum Gasteiger partial charge on any atom is -0.247 e. The van der Waals surface area contributed by atoms with Gasteiger partial charge in [0.2, 0.25) is 0 Å². The van der Waals surface area contributed by atoms with Gasteiger partial charge in [-0.1, -0.05) is 11.6 Å². The fourth-order valence-electron chi connectivity index (χ4n) is 1.57. The molecule has 3 aromatic rings. The van der Waals surface area contributed by atoms with E-state index in [0.717, 1.165) is 5.56 Å². The zero-order valence-electron chi connectivity index (χ0n) is 9.01. The van der Waals surface area contributed by atoms with Gasteiger partial charge in [0.1, 0.15) is 17.7 Å². The molecule has 3 rings (SSSR count). The van der Waals surface area contributed by atoms with Crippen LogP contribution in [0, 0.1) is 5.82 Å². The number of fused-ring (bicyclic) bond motifs is 1. The van der Waals surface area contributed by atoms with Crippen LogP contribution in [0.3, 0.4) is 0 Å². The van der Waals surface area contributed by atoms with Gasteiger partial charge in [0.25, 0.3) is 0 Å². The van der Waals surface area contributed by atoms with Crippen molar-refractivity contribution < 1.29 is 4.39 Å². The predicted molar refractivity (Wildman–Crippen MR) is 65.5 cm³/mol. The number of hydrogen-bond acceptors (Lipinski definition) is 4. The molecular formula is C12H6ClFN4. The molecule has 2 heterocycles. The van der Waals surface area contributed by atoms with E-state index in [9.17, 15) is 4.39 Å². The van der Waals surface area contributed by atoms with Crippen LogP contribution in [0.2, 0.25) is 5.15 Å². The Morgan fingerprint density at radius 3 is 2.56 bits per heavy atom. The molecule has 0 unspecified atom stereocenters. The topological polar surface area (TPSA) is 51.6 Å². The molecule has 4 nitrogen and oxygen atoms in total. The molecule has 0 radical (unpaired) electrons. The van der Waals surface area contributed by atoms with Crippen LogP contribution in [0.25, 0.3) is 22.4 Å². The van der Waals surface area contributed by atoms with E-state index < -0.39 is 0 Å². The number of halogens is 2. The highest BCUT2D eigenvalue weighted by molar-refractivity contribution is 6.33. The third kappa shape index (κ3) is 1.89. The smallest absolute Gasteiger partial charge is 0.183 e. The average Bonchev–Trinajstić information content (AvgIpc) is 2.39. The molecule has 0 saturated carbocycles. The van der Waals surface area contributed by atoms with Crippen LogP contribution in [0.5, 0.6) is 0 Å². The van der Waals surface area contributed by atoms with Crippen molar-refractivity contribution in [3.63, 3.8) is 0 Å². The van der Waals surface area contributed by atoms with Crippen molar-refractivity contribution in [2.75, 3.05) is 0 Å². The zero-order chi connectivity index (χ0) is 12.5. The van der Waals surface area contributed by atoms with Crippen LogP contribution < -0.4 is 0 Å². The highest BCUT2D eigenvalue weighted by Gasteiger charge is 2.07. The highest BCUT2D eigenvalue weighted by atomic mass is 35.5. The molecule has 0 spiro atoms. The lowest BCUT2D eigenvalue weighted by atomic mass is 10.1. The van der Waals surface area contributed by atoms with Crippen molar-refractivity contribution in [2.24, 2.45) is 0 Å². The van der Waals surface area contributed by atoms with Crippen LogP contribution in [-0.2, 0) is 0 Å². The molecule has 0 N–H and O–H groups in total. The van der Waals surface area contributed by atoms with E-state index >= 15 is 0 Å². The maximum atomic E-state index is 12.8. The van der Waals surface area contributed by atoms with Crippen molar-refractivity contribution in [1.29, 1.82) is 0 Å². The Hall–Kier alpha value is -2.14. The van der Waals surface area contributed by atoms with E-state index in [0.29, 0.717) is 16.9 Å². The van der Waals surface area contributed by atoms with E-state index in [4.69, 9.17) is 11.6 Å². The Bertz CT molecular complexity index is 715. The molecular weight excluding hydrogens is 255 g/mol. The van der Waals surface area contributed by atoms with Crippen LogP contribution in [0.15, 0.2) is 36.8 Å². The van der Waals surface area contributed by atoms with Crippen LogP contribution >= 0.6 is 11.6 Å². The first-order valence-corrected chi connectivity index (χ1v) is 5.51. The van der Waals surface area contributed by atoms with Gasteiger partial charge in [0.05, 0.1) is 11.9 Å². The third-order valence-electron chi connectivity index (χ3n) is 2.44. The van der Waals surface area contributed by atoms with Gasteiger partial charge < -0.3 is 0 Å². The van der Waals surface area contributed by atoms with Crippen LogP contribution in [0.1, 0.15) is 0 Å². The number of aromatic nitrogens is 4. The maximum Gasteiger partial charge on any atom is 0.183 e. The van der Waals surface area contributed by atoms with Crippen molar-refractivity contribution in [3.05, 3.63) is 47.8 Å². The summed E-state index contributed by atoms with van der Waals surface area (Å²) in [6.45, 7) is 0. The standard InChI is InChI=1S/C12H6ClFN4/c13-11-10-12(17-6-16-11)18-9(5-15-10)7-1-3-8(14)4-2-7/h1-6H. The summed E-state index contributed by atoms with van der Waals surface area (Å²) in [5.74, 6) is -0.294. The second-order valence-electron chi connectivity index (χ2n) is 3.60. The molecule has 0 aliphatic carbocycles. The second kappa shape index (κ2) is 4.27. The summed E-state index contributed by atoms with van der Waals surface area (Å²) in [4.78, 5) is 16.3. The fraction of sp³-hybridized carbons (Fsp3) is 0. The molecule has 2 aromatic heterocycles. The predicted octanol–water partition coefficient (Wildman–Crippen LogP) is 2.88. The highest BCUT2D eigenvalue weighted by Crippen LogP contribution is 2.20. The van der Waals surface area contributed by atoms with E-state index in [1.807, 2.05) is 0 Å². The molecule has 88 valence electrons. The Morgan fingerprint density at radius 2 is 1.78 bits per heavy atom. The molecule has 6 heteroatoms. The van der Waals surface area contributed by atoms with Gasteiger partial charge in [-0.2, -0.15) is 0 Å². The van der Waals surface area contributed by atoms with Gasteiger partial charge in [-0.15, -0.1) is 0 Å². The average molecular weight is 261 g/mol. The van der Waals surface area contributed by atoms with Gasteiger partial charge in [-0.3, -0.25) is 0 Å². The summed E-state index contributed by atoms with van der Waals surface area (Å²) < 4.78 is 12.8. The minimum absolute atomic E-state index is 0.262. The minimum atomic E-state index is -0.294. The number of benzene rings is 1. The Labute approximate surface area is 107 Å². The number of rotatable bonds is 1. The Balaban J connectivity index is 2.16. The molecule has 0 aliphatic heterocycles. The van der Waals surface area contributed by atoms with Crippen LogP contribution in [0.4, 0.5) is 4.39 Å². The van der Waals surface area contributed by atoms with Crippen molar-refractivity contribution in [2.45, 2.75) is 0 Å². The maximum absolute atomic E-state index is 12.8. The summed E-state index contributed by atoms with van der Waals surface area (Å²) in [7, 11) is 0. The fourth-order valence-corrected chi connectivity index (χ4v) is 1.75. The zero-order valence-corrected chi connectivity index (χ0v) is 9.76. The van der Waals surface area contributed by atoms with E-state index in [1.54, 1.807) is 18.3 Å². The molecule has 18 heavy (non-hydrogen) atoms. The summed E-state index contributed by atoms with van der Waals surface area (Å²) in [6, 6.07) is 6.00. The monoisotopic (exact) mass is 260 g/mol. The Kier molecular flexibility index (Phi) is 2.60. The molecule has 0 fully saturated rings. The van der Waals surface area contributed by atoms with E-state index in [-0.39, 0.29) is 11.0 Å². The largest absolute Gasteiger partial charge is 0.247 e. The van der Waals surface area contributed by atoms with E-state index in [1.165, 1.54) is 18.5 Å². The lowest BCUT2D eigenvalue weighted by molar-refractivity contribution is 0.628. The molecule has 1 aromatic carbocycles. The van der Waals surface area contributed by atoms with Crippen molar-refractivity contribution in [1.82, 2.24) is 19.9 Å². The number of hydrogen-bond donors (Lipinski definition) is 0. The normalized spacial score (nSPS) is 10.8. The van der Waals surface area contributed by atoms with Crippen molar-refractivity contribution in [3.8, 4) is 11.3 Å². The van der Waals surface area contributed by atoms with Crippen LogP contribution in [-0.4, -0.2) is 19.9 Å². The van der Waals surface area contributed by atoms with Gasteiger partial charge in [0, 0.05) is 5.56 Å². The molecule has 0 atom stereocenters. The summed E-state index contributed by atoms with van der Waals surface area (Å²) in [6.07, 6.45) is 2.89. The SMILES string of the molecule is Fc1ccc(-c2cnc3c(Cl)ncnc3n2)cc1. The third-order valence-corrected chi connectivity index (χ3v) is 2.72. The first-order chi connectivity index (χ1) is 8.74. The summed E-state index contributed by atoms with van der Waals surface area (Å²) in [5, 5.41) is 0.262. The summed E-state index contributed by atoms with van der Waals surface area (Å²) in [5.41, 5.74) is 2.24. The lowest BCUT2D eigenvalue weighted by Crippen LogP contribution is -1.93. The van der Waals surface area contributed by atoms with Gasteiger partial charge in [0.15, 0.2) is 10.8 Å². The van der Waals surface area contributed by atoms with E-state index in [2.05, 4.69) is 19.9 Å². The second-order valence-corrected chi connectivity index (χ2v) is 3.96. The van der Waals surface area contributed by atoms with Crippen molar-refractivity contribution >= 4 is 22.8 Å².